The summed E-state index contributed by atoms with van der Waals surface area (Å²) >= 11 is 1.39. The van der Waals surface area contributed by atoms with Gasteiger partial charge in [0.25, 0.3) is 11.5 Å². The quantitative estimate of drug-likeness (QED) is 0.377. The first kappa shape index (κ1) is 19.9. The van der Waals surface area contributed by atoms with E-state index in [1.165, 1.54) is 37.9 Å². The van der Waals surface area contributed by atoms with Crippen molar-refractivity contribution >= 4 is 29.0 Å². The number of thioether (sulfide) groups is 1. The zero-order valence-electron chi connectivity index (χ0n) is 14.5. The molecule has 10 heteroatoms. The molecule has 0 aliphatic rings. The number of carbonyl (C=O) groups excluding carboxylic acids is 1. The highest BCUT2D eigenvalue weighted by atomic mass is 32.2. The molecule has 1 heterocycles. The zero-order valence-corrected chi connectivity index (χ0v) is 15.3. The summed E-state index contributed by atoms with van der Waals surface area (Å²) in [5.74, 6) is -1.26. The summed E-state index contributed by atoms with van der Waals surface area (Å²) in [6.45, 7) is 1.12. The number of hydrogen-bond donors (Lipinski definition) is 3. The monoisotopic (exact) mass is 382 g/mol. The van der Waals surface area contributed by atoms with Crippen molar-refractivity contribution < 1.29 is 19.1 Å². The van der Waals surface area contributed by atoms with Gasteiger partial charge in [-0.1, -0.05) is 0 Å². The second-order valence-electron chi connectivity index (χ2n) is 5.25. The SMILES string of the molecule is CSc1ccc(Nc2c(C(=O)NOCCO)nn(C)c(=O)c2C)c(F)c1. The number of hydrogen-bond acceptors (Lipinski definition) is 7. The van der Waals surface area contributed by atoms with Crippen molar-refractivity contribution in [3.8, 4) is 0 Å². The fourth-order valence-electron chi connectivity index (χ4n) is 2.15. The number of amides is 1. The van der Waals surface area contributed by atoms with Crippen LogP contribution in [0.3, 0.4) is 0 Å². The number of nitrogens with one attached hydrogen (secondary N) is 2. The van der Waals surface area contributed by atoms with Crippen LogP contribution in [0.5, 0.6) is 0 Å². The second kappa shape index (κ2) is 8.79. The highest BCUT2D eigenvalue weighted by molar-refractivity contribution is 7.98. The molecule has 0 spiro atoms. The van der Waals surface area contributed by atoms with Crippen LogP contribution in [0.15, 0.2) is 27.9 Å². The van der Waals surface area contributed by atoms with E-state index in [4.69, 9.17) is 9.94 Å². The Morgan fingerprint density at radius 2 is 2.19 bits per heavy atom. The van der Waals surface area contributed by atoms with E-state index in [1.807, 2.05) is 6.26 Å². The van der Waals surface area contributed by atoms with Crippen molar-refractivity contribution in [2.24, 2.45) is 7.05 Å². The number of rotatable bonds is 7. The van der Waals surface area contributed by atoms with Crippen molar-refractivity contribution in [2.75, 3.05) is 24.8 Å². The van der Waals surface area contributed by atoms with Crippen LogP contribution in [0.2, 0.25) is 0 Å². The Morgan fingerprint density at radius 1 is 1.46 bits per heavy atom. The van der Waals surface area contributed by atoms with Gasteiger partial charge in [0.15, 0.2) is 5.69 Å². The first-order chi connectivity index (χ1) is 12.4. The van der Waals surface area contributed by atoms with Gasteiger partial charge in [-0.3, -0.25) is 14.4 Å². The lowest BCUT2D eigenvalue weighted by molar-refractivity contribution is 0.0164. The van der Waals surface area contributed by atoms with Crippen LogP contribution in [0, 0.1) is 12.7 Å². The van der Waals surface area contributed by atoms with Crippen LogP contribution in [0.4, 0.5) is 15.8 Å². The average molecular weight is 382 g/mol. The summed E-state index contributed by atoms with van der Waals surface area (Å²) in [5, 5.41) is 15.4. The fraction of sp³-hybridized carbons (Fsp3) is 0.312. The number of aromatic nitrogens is 2. The van der Waals surface area contributed by atoms with Crippen molar-refractivity contribution in [2.45, 2.75) is 11.8 Å². The number of halogens is 1. The van der Waals surface area contributed by atoms with Gasteiger partial charge >= 0.3 is 0 Å². The van der Waals surface area contributed by atoms with Gasteiger partial charge < -0.3 is 10.4 Å². The van der Waals surface area contributed by atoms with Gasteiger partial charge in [0, 0.05) is 17.5 Å². The summed E-state index contributed by atoms with van der Waals surface area (Å²) in [6.07, 6.45) is 1.83. The second-order valence-corrected chi connectivity index (χ2v) is 6.13. The predicted octanol–water partition coefficient (Wildman–Crippen LogP) is 1.35. The Hall–Kier alpha value is -2.43. The number of benzene rings is 1. The molecule has 1 aromatic heterocycles. The predicted molar refractivity (Wildman–Crippen MR) is 96.2 cm³/mol. The lowest BCUT2D eigenvalue weighted by Crippen LogP contribution is -2.32. The molecule has 0 fully saturated rings. The van der Waals surface area contributed by atoms with E-state index in [9.17, 15) is 14.0 Å². The number of hydroxylamine groups is 1. The summed E-state index contributed by atoms with van der Waals surface area (Å²) in [5.41, 5.74) is 1.93. The number of nitrogens with zero attached hydrogens (tertiary/aromatic N) is 2. The minimum Gasteiger partial charge on any atom is -0.394 e. The zero-order chi connectivity index (χ0) is 19.3. The summed E-state index contributed by atoms with van der Waals surface area (Å²) in [6, 6.07) is 4.58. The molecular weight excluding hydrogens is 363 g/mol. The topological polar surface area (TPSA) is 105 Å². The lowest BCUT2D eigenvalue weighted by Gasteiger charge is -2.15. The third kappa shape index (κ3) is 4.40. The molecule has 1 aromatic carbocycles. The number of aliphatic hydroxyl groups excluding tert-OH is 1. The number of carbonyl (C=O) groups is 1. The van der Waals surface area contributed by atoms with Gasteiger partial charge in [-0.05, 0) is 31.4 Å². The van der Waals surface area contributed by atoms with E-state index in [2.05, 4.69) is 15.9 Å². The lowest BCUT2D eigenvalue weighted by atomic mass is 10.2. The van der Waals surface area contributed by atoms with Crippen LogP contribution in [0.1, 0.15) is 16.1 Å². The molecule has 0 bridgehead atoms. The van der Waals surface area contributed by atoms with Gasteiger partial charge in [-0.2, -0.15) is 5.10 Å². The van der Waals surface area contributed by atoms with E-state index in [-0.39, 0.29) is 35.8 Å². The van der Waals surface area contributed by atoms with Gasteiger partial charge in [0.1, 0.15) is 5.82 Å². The highest BCUT2D eigenvalue weighted by Crippen LogP contribution is 2.26. The Balaban J connectivity index is 2.44. The Bertz CT molecular complexity index is 872. The molecule has 0 saturated heterocycles. The Labute approximate surface area is 153 Å². The average Bonchev–Trinajstić information content (AvgIpc) is 2.63. The van der Waals surface area contributed by atoms with Crippen LogP contribution < -0.4 is 16.4 Å². The smallest absolute Gasteiger partial charge is 0.297 e. The fourth-order valence-corrected chi connectivity index (χ4v) is 2.58. The molecule has 3 N–H and O–H groups in total. The van der Waals surface area contributed by atoms with Crippen molar-refractivity contribution in [3.05, 3.63) is 45.6 Å². The molecule has 0 aliphatic carbocycles. The highest BCUT2D eigenvalue weighted by Gasteiger charge is 2.20. The Morgan fingerprint density at radius 3 is 2.81 bits per heavy atom. The minimum absolute atomic E-state index is 0.0778. The maximum atomic E-state index is 14.3. The van der Waals surface area contributed by atoms with E-state index in [0.717, 1.165) is 9.58 Å². The molecule has 1 amide bonds. The molecule has 0 aliphatic heterocycles. The molecule has 140 valence electrons. The summed E-state index contributed by atoms with van der Waals surface area (Å²) in [7, 11) is 1.40. The third-order valence-corrected chi connectivity index (χ3v) is 4.21. The molecule has 8 nitrogen and oxygen atoms in total. The van der Waals surface area contributed by atoms with Crippen molar-refractivity contribution in [1.82, 2.24) is 15.3 Å². The standard InChI is InChI=1S/C16H19FN4O4S/c1-9-13(18-12-5-4-10(26-3)8-11(12)17)14(19-21(2)16(9)24)15(23)20-25-7-6-22/h4-5,8,18,22H,6-7H2,1-3H3,(H,20,23). The van der Waals surface area contributed by atoms with Gasteiger partial charge in [-0.15, -0.1) is 11.8 Å². The van der Waals surface area contributed by atoms with E-state index in [0.29, 0.717) is 0 Å². The maximum absolute atomic E-state index is 14.3. The van der Waals surface area contributed by atoms with E-state index < -0.39 is 17.3 Å². The summed E-state index contributed by atoms with van der Waals surface area (Å²) in [4.78, 5) is 30.0. The molecule has 26 heavy (non-hydrogen) atoms. The van der Waals surface area contributed by atoms with Crippen LogP contribution >= 0.6 is 11.8 Å². The largest absolute Gasteiger partial charge is 0.394 e. The van der Waals surface area contributed by atoms with E-state index >= 15 is 0 Å². The number of aryl methyl sites for hydroxylation is 1. The normalized spacial score (nSPS) is 10.7. The van der Waals surface area contributed by atoms with Crippen molar-refractivity contribution in [3.63, 3.8) is 0 Å². The first-order valence-corrected chi connectivity index (χ1v) is 8.83. The van der Waals surface area contributed by atoms with Crippen LogP contribution in [0.25, 0.3) is 0 Å². The van der Waals surface area contributed by atoms with Gasteiger partial charge in [-0.25, -0.2) is 14.6 Å². The van der Waals surface area contributed by atoms with Crippen molar-refractivity contribution in [1.29, 1.82) is 0 Å². The van der Waals surface area contributed by atoms with E-state index in [1.54, 1.807) is 6.07 Å². The molecule has 0 atom stereocenters. The number of anilines is 2. The molecular formula is C16H19FN4O4S. The first-order valence-electron chi connectivity index (χ1n) is 7.60. The molecule has 0 radical (unpaired) electrons. The third-order valence-electron chi connectivity index (χ3n) is 3.49. The van der Waals surface area contributed by atoms with Gasteiger partial charge in [0.05, 0.1) is 24.6 Å². The van der Waals surface area contributed by atoms with Crippen LogP contribution in [-0.4, -0.2) is 40.3 Å². The van der Waals surface area contributed by atoms with Crippen LogP contribution in [-0.2, 0) is 11.9 Å². The molecule has 0 unspecified atom stereocenters. The maximum Gasteiger partial charge on any atom is 0.297 e. The molecule has 2 rings (SSSR count). The molecule has 2 aromatic rings. The number of aliphatic hydroxyl groups is 1. The Kier molecular flexibility index (Phi) is 6.72. The summed E-state index contributed by atoms with van der Waals surface area (Å²) < 4.78 is 15.3. The minimum atomic E-state index is -0.735. The molecule has 0 saturated carbocycles. The van der Waals surface area contributed by atoms with Gasteiger partial charge in [0.2, 0.25) is 0 Å².